The van der Waals surface area contributed by atoms with E-state index in [0.29, 0.717) is 17.1 Å². The first-order valence-electron chi connectivity index (χ1n) is 6.00. The van der Waals surface area contributed by atoms with Crippen molar-refractivity contribution in [3.05, 3.63) is 59.9 Å². The van der Waals surface area contributed by atoms with Gasteiger partial charge in [-0.15, -0.1) is 0 Å². The van der Waals surface area contributed by atoms with Crippen molar-refractivity contribution in [3.8, 4) is 11.5 Å². The van der Waals surface area contributed by atoms with E-state index >= 15 is 0 Å². The summed E-state index contributed by atoms with van der Waals surface area (Å²) in [6.45, 7) is 0.251. The Morgan fingerprint density at radius 3 is 2.47 bits per heavy atom. The third-order valence-electron chi connectivity index (χ3n) is 2.77. The van der Waals surface area contributed by atoms with E-state index in [4.69, 9.17) is 15.2 Å². The number of hydrogen-bond acceptors (Lipinski definition) is 3. The van der Waals surface area contributed by atoms with Crippen LogP contribution in [0.2, 0.25) is 0 Å². The maximum atomic E-state index is 13.2. The van der Waals surface area contributed by atoms with Crippen molar-refractivity contribution in [1.29, 1.82) is 0 Å². The van der Waals surface area contributed by atoms with Crippen LogP contribution in [0.5, 0.6) is 11.5 Å². The summed E-state index contributed by atoms with van der Waals surface area (Å²) in [5.74, 6) is 0.904. The summed E-state index contributed by atoms with van der Waals surface area (Å²) >= 11 is 0. The van der Waals surface area contributed by atoms with Gasteiger partial charge in [-0.25, -0.2) is 4.39 Å². The molecule has 0 amide bonds. The summed E-state index contributed by atoms with van der Waals surface area (Å²) in [5, 5.41) is 0. The molecule has 4 heteroatoms. The van der Waals surface area contributed by atoms with Gasteiger partial charge in [-0.2, -0.15) is 0 Å². The van der Waals surface area contributed by atoms with Gasteiger partial charge in [-0.05, 0) is 29.8 Å². The standard InChI is InChI=1S/C15H16FNO2/c1-18-13-7-2-3-8-14(13)19-15(10-17)11-5-4-6-12(16)9-11/h2-9,15H,10,17H2,1H3. The quantitative estimate of drug-likeness (QED) is 0.900. The Hall–Kier alpha value is -2.07. The number of nitrogens with two attached hydrogens (primary N) is 1. The first kappa shape index (κ1) is 13.4. The topological polar surface area (TPSA) is 44.5 Å². The van der Waals surface area contributed by atoms with Crippen LogP contribution in [-0.2, 0) is 0 Å². The predicted molar refractivity (Wildman–Crippen MR) is 71.8 cm³/mol. The van der Waals surface area contributed by atoms with Gasteiger partial charge in [0.05, 0.1) is 7.11 Å². The van der Waals surface area contributed by atoms with Crippen LogP contribution in [0.15, 0.2) is 48.5 Å². The number of para-hydroxylation sites is 2. The summed E-state index contributed by atoms with van der Waals surface area (Å²) in [4.78, 5) is 0. The Morgan fingerprint density at radius 2 is 1.84 bits per heavy atom. The largest absolute Gasteiger partial charge is 0.493 e. The van der Waals surface area contributed by atoms with Crippen LogP contribution in [0.3, 0.4) is 0 Å². The van der Waals surface area contributed by atoms with Crippen molar-refractivity contribution >= 4 is 0 Å². The molecule has 19 heavy (non-hydrogen) atoms. The second-order valence-corrected chi connectivity index (χ2v) is 4.05. The minimum absolute atomic E-state index is 0.251. The Morgan fingerprint density at radius 1 is 1.11 bits per heavy atom. The molecule has 0 aliphatic rings. The van der Waals surface area contributed by atoms with Crippen LogP contribution in [-0.4, -0.2) is 13.7 Å². The normalized spacial score (nSPS) is 11.9. The van der Waals surface area contributed by atoms with Gasteiger partial charge in [-0.3, -0.25) is 0 Å². The van der Waals surface area contributed by atoms with Crippen molar-refractivity contribution in [2.75, 3.05) is 13.7 Å². The smallest absolute Gasteiger partial charge is 0.162 e. The molecular weight excluding hydrogens is 245 g/mol. The molecule has 2 N–H and O–H groups in total. The number of hydrogen-bond donors (Lipinski definition) is 1. The number of ether oxygens (including phenoxy) is 2. The van der Waals surface area contributed by atoms with Crippen LogP contribution in [0.4, 0.5) is 4.39 Å². The highest BCUT2D eigenvalue weighted by Gasteiger charge is 2.14. The van der Waals surface area contributed by atoms with Crippen LogP contribution >= 0.6 is 0 Å². The van der Waals surface area contributed by atoms with Gasteiger partial charge in [0.15, 0.2) is 11.5 Å². The molecular formula is C15H16FNO2. The monoisotopic (exact) mass is 261 g/mol. The van der Waals surface area contributed by atoms with E-state index in [2.05, 4.69) is 0 Å². The van der Waals surface area contributed by atoms with E-state index in [0.717, 1.165) is 0 Å². The Balaban J connectivity index is 2.24. The van der Waals surface area contributed by atoms with E-state index in [-0.39, 0.29) is 12.4 Å². The highest BCUT2D eigenvalue weighted by atomic mass is 19.1. The molecule has 0 saturated heterocycles. The van der Waals surface area contributed by atoms with Gasteiger partial charge in [-0.1, -0.05) is 24.3 Å². The highest BCUT2D eigenvalue weighted by Crippen LogP contribution is 2.30. The Labute approximate surface area is 111 Å². The maximum Gasteiger partial charge on any atom is 0.162 e. The number of halogens is 1. The Kier molecular flexibility index (Phi) is 4.36. The molecule has 100 valence electrons. The molecule has 0 spiro atoms. The third-order valence-corrected chi connectivity index (χ3v) is 2.77. The van der Waals surface area contributed by atoms with Gasteiger partial charge < -0.3 is 15.2 Å². The molecule has 2 aromatic carbocycles. The van der Waals surface area contributed by atoms with Gasteiger partial charge in [0, 0.05) is 6.54 Å². The second-order valence-electron chi connectivity index (χ2n) is 4.05. The lowest BCUT2D eigenvalue weighted by molar-refractivity contribution is 0.204. The molecule has 0 heterocycles. The fourth-order valence-electron chi connectivity index (χ4n) is 1.83. The molecule has 2 rings (SSSR count). The van der Waals surface area contributed by atoms with Crippen molar-refractivity contribution in [2.24, 2.45) is 5.73 Å². The summed E-state index contributed by atoms with van der Waals surface area (Å²) in [6.07, 6.45) is -0.410. The van der Waals surface area contributed by atoms with Crippen molar-refractivity contribution < 1.29 is 13.9 Å². The first-order chi connectivity index (χ1) is 9.24. The first-order valence-corrected chi connectivity index (χ1v) is 6.00. The van der Waals surface area contributed by atoms with Gasteiger partial charge in [0.1, 0.15) is 11.9 Å². The Bertz CT molecular complexity index is 545. The SMILES string of the molecule is COc1ccccc1OC(CN)c1cccc(F)c1. The minimum Gasteiger partial charge on any atom is -0.493 e. The van der Waals surface area contributed by atoms with Gasteiger partial charge >= 0.3 is 0 Å². The fourth-order valence-corrected chi connectivity index (χ4v) is 1.83. The average Bonchev–Trinajstić information content (AvgIpc) is 2.45. The molecule has 0 aliphatic heterocycles. The molecule has 0 aromatic heterocycles. The second kappa shape index (κ2) is 6.20. The molecule has 0 radical (unpaired) electrons. The van der Waals surface area contributed by atoms with Crippen LogP contribution in [0.25, 0.3) is 0 Å². The van der Waals surface area contributed by atoms with Crippen LogP contribution < -0.4 is 15.2 Å². The highest BCUT2D eigenvalue weighted by molar-refractivity contribution is 5.40. The molecule has 1 atom stereocenters. The lowest BCUT2D eigenvalue weighted by Gasteiger charge is -2.19. The number of rotatable bonds is 5. The van der Waals surface area contributed by atoms with E-state index in [1.165, 1.54) is 12.1 Å². The predicted octanol–water partition coefficient (Wildman–Crippen LogP) is 2.91. The zero-order valence-electron chi connectivity index (χ0n) is 10.7. The maximum absolute atomic E-state index is 13.2. The van der Waals surface area contributed by atoms with E-state index in [1.807, 2.05) is 12.1 Å². The van der Waals surface area contributed by atoms with Crippen molar-refractivity contribution in [1.82, 2.24) is 0 Å². The molecule has 2 aromatic rings. The molecule has 0 bridgehead atoms. The van der Waals surface area contributed by atoms with E-state index in [9.17, 15) is 4.39 Å². The third kappa shape index (κ3) is 3.23. The van der Waals surface area contributed by atoms with Gasteiger partial charge in [0.25, 0.3) is 0 Å². The van der Waals surface area contributed by atoms with Crippen molar-refractivity contribution in [2.45, 2.75) is 6.10 Å². The zero-order chi connectivity index (χ0) is 13.7. The lowest BCUT2D eigenvalue weighted by Crippen LogP contribution is -2.18. The van der Waals surface area contributed by atoms with Crippen LogP contribution in [0.1, 0.15) is 11.7 Å². The van der Waals surface area contributed by atoms with Crippen LogP contribution in [0, 0.1) is 5.82 Å². The summed E-state index contributed by atoms with van der Waals surface area (Å²) in [5.41, 5.74) is 6.41. The number of benzene rings is 2. The molecule has 0 saturated carbocycles. The number of methoxy groups -OCH3 is 1. The molecule has 0 aliphatic carbocycles. The van der Waals surface area contributed by atoms with Crippen molar-refractivity contribution in [3.63, 3.8) is 0 Å². The fraction of sp³-hybridized carbons (Fsp3) is 0.200. The summed E-state index contributed by atoms with van der Waals surface area (Å²) in [6, 6.07) is 13.5. The van der Waals surface area contributed by atoms with E-state index < -0.39 is 6.10 Å². The zero-order valence-corrected chi connectivity index (χ0v) is 10.7. The average molecular weight is 261 g/mol. The summed E-state index contributed by atoms with van der Waals surface area (Å²) < 4.78 is 24.2. The van der Waals surface area contributed by atoms with Gasteiger partial charge in [0.2, 0.25) is 0 Å². The minimum atomic E-state index is -0.410. The molecule has 3 nitrogen and oxygen atoms in total. The summed E-state index contributed by atoms with van der Waals surface area (Å²) in [7, 11) is 1.57. The molecule has 1 unspecified atom stereocenters. The lowest BCUT2D eigenvalue weighted by atomic mass is 10.1. The van der Waals surface area contributed by atoms with E-state index in [1.54, 1.807) is 31.4 Å². The molecule has 0 fully saturated rings.